The summed E-state index contributed by atoms with van der Waals surface area (Å²) in [6.07, 6.45) is 1.26. The van der Waals surface area contributed by atoms with E-state index in [2.05, 4.69) is 41.5 Å². The molecule has 2 heterocycles. The molecule has 146 valence electrons. The first-order valence-corrected chi connectivity index (χ1v) is 9.88. The standard InChI is InChI=1S/C18H13BrN6O3S/c1-28-12-5-6-13-14(8-12)29-18(23-13)24-17-15(25(26)27)16(20-9-21-17)22-11-4-2-3-10(19)7-11/h2-9H,1H3,(H2,20,21,22,23,24). The van der Waals surface area contributed by atoms with Crippen LogP contribution >= 0.6 is 27.3 Å². The van der Waals surface area contributed by atoms with Gasteiger partial charge in [0.2, 0.25) is 11.6 Å². The van der Waals surface area contributed by atoms with E-state index in [1.165, 1.54) is 17.7 Å². The lowest BCUT2D eigenvalue weighted by Crippen LogP contribution is -2.05. The molecule has 0 bridgehead atoms. The number of anilines is 4. The molecule has 0 saturated heterocycles. The molecule has 4 aromatic rings. The summed E-state index contributed by atoms with van der Waals surface area (Å²) in [6.45, 7) is 0. The zero-order chi connectivity index (χ0) is 20.4. The minimum absolute atomic E-state index is 0.0496. The van der Waals surface area contributed by atoms with Gasteiger partial charge >= 0.3 is 5.69 Å². The van der Waals surface area contributed by atoms with Crippen LogP contribution in [0.25, 0.3) is 10.2 Å². The Balaban J connectivity index is 1.69. The summed E-state index contributed by atoms with van der Waals surface area (Å²) >= 11 is 4.72. The minimum atomic E-state index is -0.529. The van der Waals surface area contributed by atoms with E-state index >= 15 is 0 Å². The lowest BCUT2D eigenvalue weighted by Gasteiger charge is -2.09. The van der Waals surface area contributed by atoms with Crippen LogP contribution in [0, 0.1) is 10.1 Å². The number of nitro groups is 1. The molecule has 0 unspecified atom stereocenters. The van der Waals surface area contributed by atoms with E-state index in [1.807, 2.05) is 24.3 Å². The fourth-order valence-corrected chi connectivity index (χ4v) is 3.92. The summed E-state index contributed by atoms with van der Waals surface area (Å²) in [5, 5.41) is 18.1. The van der Waals surface area contributed by atoms with Crippen LogP contribution in [-0.2, 0) is 0 Å². The number of hydrogen-bond donors (Lipinski definition) is 2. The molecular weight excluding hydrogens is 460 g/mol. The van der Waals surface area contributed by atoms with Crippen LogP contribution in [0.3, 0.4) is 0 Å². The van der Waals surface area contributed by atoms with Crippen molar-refractivity contribution in [2.75, 3.05) is 17.7 Å². The van der Waals surface area contributed by atoms with Gasteiger partial charge in [-0.05, 0) is 36.4 Å². The Kier molecular flexibility index (Phi) is 5.23. The van der Waals surface area contributed by atoms with Crippen molar-refractivity contribution in [1.29, 1.82) is 0 Å². The Morgan fingerprint density at radius 3 is 2.66 bits per heavy atom. The molecule has 29 heavy (non-hydrogen) atoms. The summed E-state index contributed by atoms with van der Waals surface area (Å²) in [6, 6.07) is 12.7. The summed E-state index contributed by atoms with van der Waals surface area (Å²) in [4.78, 5) is 23.8. The van der Waals surface area contributed by atoms with Gasteiger partial charge in [-0.15, -0.1) is 0 Å². The summed E-state index contributed by atoms with van der Waals surface area (Å²) in [5.41, 5.74) is 1.13. The van der Waals surface area contributed by atoms with Gasteiger partial charge in [0.25, 0.3) is 0 Å². The minimum Gasteiger partial charge on any atom is -0.497 e. The van der Waals surface area contributed by atoms with Gasteiger partial charge in [0.05, 0.1) is 22.2 Å². The fourth-order valence-electron chi connectivity index (χ4n) is 2.62. The number of rotatable bonds is 6. The zero-order valence-electron chi connectivity index (χ0n) is 14.9. The molecule has 0 radical (unpaired) electrons. The quantitative estimate of drug-likeness (QED) is 0.288. The third-order valence-corrected chi connectivity index (χ3v) is 5.34. The van der Waals surface area contributed by atoms with E-state index in [1.54, 1.807) is 25.3 Å². The van der Waals surface area contributed by atoms with E-state index in [-0.39, 0.29) is 17.3 Å². The van der Waals surface area contributed by atoms with Crippen LogP contribution in [0.5, 0.6) is 5.75 Å². The fraction of sp³-hybridized carbons (Fsp3) is 0.0556. The van der Waals surface area contributed by atoms with Crippen LogP contribution in [0.15, 0.2) is 53.3 Å². The molecule has 0 spiro atoms. The van der Waals surface area contributed by atoms with Crippen LogP contribution in [0.2, 0.25) is 0 Å². The van der Waals surface area contributed by atoms with Gasteiger partial charge in [-0.2, -0.15) is 0 Å². The first-order chi connectivity index (χ1) is 14.0. The molecule has 0 atom stereocenters. The maximum atomic E-state index is 11.7. The van der Waals surface area contributed by atoms with Crippen molar-refractivity contribution < 1.29 is 9.66 Å². The molecule has 0 aliphatic carbocycles. The Morgan fingerprint density at radius 2 is 1.93 bits per heavy atom. The molecule has 2 aromatic carbocycles. The van der Waals surface area contributed by atoms with E-state index in [4.69, 9.17) is 4.74 Å². The van der Waals surface area contributed by atoms with Crippen molar-refractivity contribution in [2.45, 2.75) is 0 Å². The van der Waals surface area contributed by atoms with Crippen molar-refractivity contribution in [3.63, 3.8) is 0 Å². The Hall–Kier alpha value is -3.31. The van der Waals surface area contributed by atoms with Crippen molar-refractivity contribution >= 4 is 65.6 Å². The summed E-state index contributed by atoms with van der Waals surface area (Å²) in [7, 11) is 1.59. The normalized spacial score (nSPS) is 10.7. The van der Waals surface area contributed by atoms with E-state index in [0.29, 0.717) is 16.6 Å². The molecule has 0 aliphatic rings. The van der Waals surface area contributed by atoms with Gasteiger partial charge in [-0.3, -0.25) is 10.1 Å². The predicted molar refractivity (Wildman–Crippen MR) is 116 cm³/mol. The second-order valence-corrected chi connectivity index (χ2v) is 7.74. The SMILES string of the molecule is COc1ccc2nc(Nc3ncnc(Nc4cccc(Br)c4)c3[N+](=O)[O-])sc2c1. The first kappa shape index (κ1) is 19.0. The van der Waals surface area contributed by atoms with Crippen molar-refractivity contribution in [1.82, 2.24) is 15.0 Å². The topological polar surface area (TPSA) is 115 Å². The van der Waals surface area contributed by atoms with Gasteiger partial charge in [0.1, 0.15) is 12.1 Å². The molecule has 2 N–H and O–H groups in total. The molecule has 9 nitrogen and oxygen atoms in total. The lowest BCUT2D eigenvalue weighted by molar-refractivity contribution is -0.383. The maximum Gasteiger partial charge on any atom is 0.353 e. The number of ether oxygens (including phenoxy) is 1. The van der Waals surface area contributed by atoms with Crippen molar-refractivity contribution in [3.05, 3.63) is 63.4 Å². The third kappa shape index (κ3) is 4.10. The highest BCUT2D eigenvalue weighted by Crippen LogP contribution is 2.36. The lowest BCUT2D eigenvalue weighted by atomic mass is 10.3. The Bertz CT molecular complexity index is 1220. The molecule has 0 amide bonds. The Morgan fingerprint density at radius 1 is 1.14 bits per heavy atom. The summed E-state index contributed by atoms with van der Waals surface area (Å²) in [5.74, 6) is 0.836. The van der Waals surface area contributed by atoms with Crippen LogP contribution in [-0.4, -0.2) is 27.0 Å². The number of nitrogens with one attached hydrogen (secondary N) is 2. The highest BCUT2D eigenvalue weighted by molar-refractivity contribution is 9.10. The smallest absolute Gasteiger partial charge is 0.353 e. The number of methoxy groups -OCH3 is 1. The van der Waals surface area contributed by atoms with Gasteiger partial charge in [0, 0.05) is 10.2 Å². The third-order valence-electron chi connectivity index (χ3n) is 3.91. The van der Waals surface area contributed by atoms with E-state index in [0.717, 1.165) is 14.7 Å². The molecule has 0 aliphatic heterocycles. The number of thiazole rings is 1. The van der Waals surface area contributed by atoms with Gasteiger partial charge in [0.15, 0.2) is 5.13 Å². The first-order valence-electron chi connectivity index (χ1n) is 8.27. The molecule has 11 heteroatoms. The number of fused-ring (bicyclic) bond motifs is 1. The molecule has 4 rings (SSSR count). The Labute approximate surface area is 177 Å². The van der Waals surface area contributed by atoms with Gasteiger partial charge in [-0.1, -0.05) is 33.3 Å². The van der Waals surface area contributed by atoms with Gasteiger partial charge in [-0.25, -0.2) is 15.0 Å². The van der Waals surface area contributed by atoms with E-state index < -0.39 is 4.92 Å². The molecule has 0 fully saturated rings. The van der Waals surface area contributed by atoms with E-state index in [9.17, 15) is 10.1 Å². The number of hydrogen-bond acceptors (Lipinski definition) is 9. The van der Waals surface area contributed by atoms with Crippen molar-refractivity contribution in [2.24, 2.45) is 0 Å². The number of benzene rings is 2. The zero-order valence-corrected chi connectivity index (χ0v) is 17.3. The second kappa shape index (κ2) is 7.97. The summed E-state index contributed by atoms with van der Waals surface area (Å²) < 4.78 is 6.94. The highest BCUT2D eigenvalue weighted by atomic mass is 79.9. The second-order valence-electron chi connectivity index (χ2n) is 5.79. The number of aromatic nitrogens is 3. The largest absolute Gasteiger partial charge is 0.497 e. The predicted octanol–water partition coefficient (Wildman–Crippen LogP) is 5.25. The van der Waals surface area contributed by atoms with Crippen LogP contribution in [0.4, 0.5) is 28.1 Å². The number of halogens is 1. The number of nitrogens with zero attached hydrogens (tertiary/aromatic N) is 4. The van der Waals surface area contributed by atoms with Gasteiger partial charge < -0.3 is 15.4 Å². The van der Waals surface area contributed by atoms with Crippen LogP contribution < -0.4 is 15.4 Å². The highest BCUT2D eigenvalue weighted by Gasteiger charge is 2.24. The van der Waals surface area contributed by atoms with Crippen molar-refractivity contribution in [3.8, 4) is 5.75 Å². The average molecular weight is 473 g/mol. The van der Waals surface area contributed by atoms with Crippen LogP contribution in [0.1, 0.15) is 0 Å². The molecular formula is C18H13BrN6O3S. The molecule has 2 aromatic heterocycles. The average Bonchev–Trinajstić information content (AvgIpc) is 3.09. The maximum absolute atomic E-state index is 11.7. The monoisotopic (exact) mass is 472 g/mol. The molecule has 0 saturated carbocycles.